The lowest BCUT2D eigenvalue weighted by atomic mass is 9.90. The van der Waals surface area contributed by atoms with E-state index in [2.05, 4.69) is 36.7 Å². The Labute approximate surface area is 145 Å². The zero-order chi connectivity index (χ0) is 17.2. The van der Waals surface area contributed by atoms with Crippen molar-refractivity contribution in [1.29, 1.82) is 0 Å². The third kappa shape index (κ3) is 4.06. The van der Waals surface area contributed by atoms with Gasteiger partial charge >= 0.3 is 0 Å². The van der Waals surface area contributed by atoms with Crippen molar-refractivity contribution in [1.82, 2.24) is 9.97 Å². The number of rotatable bonds is 4. The second kappa shape index (κ2) is 7.36. The molecule has 24 heavy (non-hydrogen) atoms. The number of hydrogen-bond donors (Lipinski definition) is 0. The van der Waals surface area contributed by atoms with Crippen molar-refractivity contribution >= 4 is 5.82 Å². The smallest absolute Gasteiger partial charge is 0.136 e. The molecule has 0 aliphatic carbocycles. The zero-order valence-electron chi connectivity index (χ0n) is 15.5. The van der Waals surface area contributed by atoms with Gasteiger partial charge in [-0.05, 0) is 31.6 Å². The molecule has 1 aromatic rings. The molecule has 0 N–H and O–H groups in total. The first-order valence-corrected chi connectivity index (χ1v) is 9.21. The van der Waals surface area contributed by atoms with Gasteiger partial charge in [-0.3, -0.25) is 0 Å². The van der Waals surface area contributed by atoms with Gasteiger partial charge in [-0.1, -0.05) is 20.8 Å². The Bertz CT molecular complexity index is 542. The third-order valence-corrected chi connectivity index (χ3v) is 5.08. The fourth-order valence-electron chi connectivity index (χ4n) is 3.68. The van der Waals surface area contributed by atoms with Crippen LogP contribution >= 0.6 is 0 Å². The maximum Gasteiger partial charge on any atom is 0.136 e. The van der Waals surface area contributed by atoms with Gasteiger partial charge in [-0.25, -0.2) is 9.97 Å². The number of ether oxygens (including phenoxy) is 2. The molecule has 2 aliphatic heterocycles. The minimum Gasteiger partial charge on any atom is -0.378 e. The lowest BCUT2D eigenvalue weighted by Gasteiger charge is -2.35. The molecule has 1 unspecified atom stereocenters. The first-order chi connectivity index (χ1) is 11.5. The van der Waals surface area contributed by atoms with Crippen molar-refractivity contribution in [3.05, 3.63) is 17.6 Å². The molecule has 0 bridgehead atoms. The van der Waals surface area contributed by atoms with Crippen molar-refractivity contribution in [3.8, 4) is 0 Å². The molecule has 3 heterocycles. The van der Waals surface area contributed by atoms with Crippen LogP contribution in [0.15, 0.2) is 6.07 Å². The van der Waals surface area contributed by atoms with Crippen LogP contribution in [0.2, 0.25) is 0 Å². The van der Waals surface area contributed by atoms with Gasteiger partial charge in [0.15, 0.2) is 0 Å². The highest BCUT2D eigenvalue weighted by atomic mass is 16.5. The topological polar surface area (TPSA) is 47.5 Å². The Morgan fingerprint density at radius 3 is 2.54 bits per heavy atom. The molecule has 0 spiro atoms. The van der Waals surface area contributed by atoms with Crippen LogP contribution in [0.4, 0.5) is 5.82 Å². The average molecular weight is 333 g/mol. The van der Waals surface area contributed by atoms with E-state index < -0.39 is 0 Å². The summed E-state index contributed by atoms with van der Waals surface area (Å²) >= 11 is 0. The van der Waals surface area contributed by atoms with Crippen LogP contribution in [0.25, 0.3) is 0 Å². The van der Waals surface area contributed by atoms with Gasteiger partial charge < -0.3 is 14.4 Å². The average Bonchev–Trinajstić information content (AvgIpc) is 3.09. The number of methoxy groups -OCH3 is 1. The van der Waals surface area contributed by atoms with Crippen molar-refractivity contribution < 1.29 is 9.47 Å². The van der Waals surface area contributed by atoms with Gasteiger partial charge in [0, 0.05) is 38.3 Å². The standard InChI is InChI=1S/C19H31N3O2/c1-19(2,3)18-20-15(13-23-4)12-17(21-18)22-9-7-14(8-10-22)16-6-5-11-24-16/h12,14,16H,5-11,13H2,1-4H3. The molecule has 5 nitrogen and oxygen atoms in total. The Morgan fingerprint density at radius 1 is 1.21 bits per heavy atom. The van der Waals surface area contributed by atoms with Crippen molar-refractivity contribution in [2.45, 2.75) is 64.6 Å². The molecule has 2 fully saturated rings. The van der Waals surface area contributed by atoms with E-state index >= 15 is 0 Å². The fraction of sp³-hybridized carbons (Fsp3) is 0.789. The lowest BCUT2D eigenvalue weighted by molar-refractivity contribution is 0.0531. The minimum absolute atomic E-state index is 0.0610. The van der Waals surface area contributed by atoms with Gasteiger partial charge in [0.2, 0.25) is 0 Å². The predicted octanol–water partition coefficient (Wildman–Crippen LogP) is 3.32. The summed E-state index contributed by atoms with van der Waals surface area (Å²) in [7, 11) is 1.71. The minimum atomic E-state index is -0.0610. The lowest BCUT2D eigenvalue weighted by Crippen LogP contribution is -2.38. The molecular weight excluding hydrogens is 302 g/mol. The second-order valence-electron chi connectivity index (χ2n) is 8.10. The Hall–Kier alpha value is -1.20. The Balaban J connectivity index is 1.73. The predicted molar refractivity (Wildman–Crippen MR) is 95.4 cm³/mol. The second-order valence-corrected chi connectivity index (χ2v) is 8.10. The van der Waals surface area contributed by atoms with E-state index in [9.17, 15) is 0 Å². The molecule has 0 aromatic carbocycles. The summed E-state index contributed by atoms with van der Waals surface area (Å²) in [6, 6.07) is 2.09. The SMILES string of the molecule is COCc1cc(N2CCC(C3CCCO3)CC2)nc(C(C)(C)C)n1. The molecule has 2 aliphatic rings. The molecule has 3 rings (SSSR count). The highest BCUT2D eigenvalue weighted by Gasteiger charge is 2.30. The summed E-state index contributed by atoms with van der Waals surface area (Å²) in [5.41, 5.74) is 0.905. The Kier molecular flexibility index (Phi) is 5.40. The summed E-state index contributed by atoms with van der Waals surface area (Å²) in [6.45, 7) is 10.1. The van der Waals surface area contributed by atoms with E-state index in [0.29, 0.717) is 18.6 Å². The number of piperidine rings is 1. The highest BCUT2D eigenvalue weighted by Crippen LogP contribution is 2.31. The summed E-state index contributed by atoms with van der Waals surface area (Å²) in [6.07, 6.45) is 5.35. The first-order valence-electron chi connectivity index (χ1n) is 9.21. The van der Waals surface area contributed by atoms with Crippen LogP contribution in [0.3, 0.4) is 0 Å². The van der Waals surface area contributed by atoms with Gasteiger partial charge in [-0.2, -0.15) is 0 Å². The summed E-state index contributed by atoms with van der Waals surface area (Å²) in [4.78, 5) is 11.9. The van der Waals surface area contributed by atoms with Gasteiger partial charge in [-0.15, -0.1) is 0 Å². The van der Waals surface area contributed by atoms with Crippen LogP contribution in [0, 0.1) is 5.92 Å². The number of hydrogen-bond acceptors (Lipinski definition) is 5. The van der Waals surface area contributed by atoms with E-state index in [4.69, 9.17) is 14.5 Å². The first kappa shape index (κ1) is 17.6. The fourth-order valence-corrected chi connectivity index (χ4v) is 3.68. The molecule has 134 valence electrons. The quantitative estimate of drug-likeness (QED) is 0.846. The van der Waals surface area contributed by atoms with E-state index in [-0.39, 0.29) is 5.41 Å². The van der Waals surface area contributed by atoms with Gasteiger partial charge in [0.05, 0.1) is 18.4 Å². The molecule has 5 heteroatoms. The monoisotopic (exact) mass is 333 g/mol. The molecule has 1 atom stereocenters. The van der Waals surface area contributed by atoms with Crippen LogP contribution in [-0.2, 0) is 21.5 Å². The van der Waals surface area contributed by atoms with Gasteiger partial charge in [0.25, 0.3) is 0 Å². The van der Waals surface area contributed by atoms with E-state index in [1.807, 2.05) is 0 Å². The molecule has 2 saturated heterocycles. The van der Waals surface area contributed by atoms with Crippen molar-refractivity contribution in [3.63, 3.8) is 0 Å². The zero-order valence-corrected chi connectivity index (χ0v) is 15.5. The van der Waals surface area contributed by atoms with E-state index in [0.717, 1.165) is 37.0 Å². The number of nitrogens with zero attached hydrogens (tertiary/aromatic N) is 3. The van der Waals surface area contributed by atoms with Crippen LogP contribution in [-0.4, -0.2) is 42.9 Å². The Morgan fingerprint density at radius 2 is 1.96 bits per heavy atom. The van der Waals surface area contributed by atoms with Crippen molar-refractivity contribution in [2.75, 3.05) is 31.7 Å². The van der Waals surface area contributed by atoms with E-state index in [1.165, 1.54) is 25.7 Å². The summed E-state index contributed by atoms with van der Waals surface area (Å²) in [5.74, 6) is 2.66. The van der Waals surface area contributed by atoms with Crippen LogP contribution in [0.1, 0.15) is 58.0 Å². The summed E-state index contributed by atoms with van der Waals surface area (Å²) in [5, 5.41) is 0. The molecule has 0 amide bonds. The number of aromatic nitrogens is 2. The summed E-state index contributed by atoms with van der Waals surface area (Å²) < 4.78 is 11.2. The molecule has 1 aromatic heterocycles. The third-order valence-electron chi connectivity index (χ3n) is 5.08. The maximum absolute atomic E-state index is 5.89. The highest BCUT2D eigenvalue weighted by molar-refractivity contribution is 5.41. The molecule has 0 radical (unpaired) electrons. The van der Waals surface area contributed by atoms with Crippen molar-refractivity contribution in [2.24, 2.45) is 5.92 Å². The van der Waals surface area contributed by atoms with Gasteiger partial charge in [0.1, 0.15) is 11.6 Å². The normalized spacial score (nSPS) is 23.0. The maximum atomic E-state index is 5.89. The molecular formula is C19H31N3O2. The van der Waals surface area contributed by atoms with Crippen LogP contribution < -0.4 is 4.90 Å². The van der Waals surface area contributed by atoms with E-state index in [1.54, 1.807) is 7.11 Å². The molecule has 0 saturated carbocycles. The van der Waals surface area contributed by atoms with Crippen LogP contribution in [0.5, 0.6) is 0 Å². The largest absolute Gasteiger partial charge is 0.378 e. The number of anilines is 1.